The summed E-state index contributed by atoms with van der Waals surface area (Å²) in [5.41, 5.74) is 1.36. The zero-order valence-electron chi connectivity index (χ0n) is 11.9. The average Bonchev–Trinajstić information content (AvgIpc) is 2.48. The summed E-state index contributed by atoms with van der Waals surface area (Å²) in [6.45, 7) is 4.42. The van der Waals surface area contributed by atoms with Gasteiger partial charge in [-0.2, -0.15) is 0 Å². The summed E-state index contributed by atoms with van der Waals surface area (Å²) in [5.74, 6) is 0.384. The third-order valence-electron chi connectivity index (χ3n) is 2.95. The maximum atomic E-state index is 11.6. The molecule has 0 aliphatic carbocycles. The Labute approximate surface area is 128 Å². The van der Waals surface area contributed by atoms with Gasteiger partial charge >= 0.3 is 0 Å². The van der Waals surface area contributed by atoms with E-state index in [9.17, 15) is 4.79 Å². The molecule has 2 aromatic rings. The number of hydrogen-bond acceptors (Lipinski definition) is 4. The van der Waals surface area contributed by atoms with Gasteiger partial charge < -0.3 is 10.6 Å². The standard InChI is InChI=1S/C15H17ClN4O/c1-3-17-15(21)13-7-8-14(20-19-13)18-10(2)11-5-4-6-12(16)9-11/h4-10H,3H2,1-2H3,(H,17,21)(H,18,20). The number of amides is 1. The highest BCUT2D eigenvalue weighted by atomic mass is 35.5. The molecule has 1 aromatic heterocycles. The minimum absolute atomic E-state index is 0.0355. The minimum Gasteiger partial charge on any atom is -0.362 e. The first kappa shape index (κ1) is 15.3. The van der Waals surface area contributed by atoms with E-state index in [1.807, 2.05) is 38.1 Å². The van der Waals surface area contributed by atoms with Crippen molar-refractivity contribution in [2.45, 2.75) is 19.9 Å². The Bertz CT molecular complexity index is 615. The number of halogens is 1. The van der Waals surface area contributed by atoms with Crippen LogP contribution >= 0.6 is 11.6 Å². The van der Waals surface area contributed by atoms with Crippen LogP contribution in [0.2, 0.25) is 5.02 Å². The first-order chi connectivity index (χ1) is 10.1. The van der Waals surface area contributed by atoms with Crippen molar-refractivity contribution in [2.24, 2.45) is 0 Å². The molecule has 1 unspecified atom stereocenters. The number of rotatable bonds is 5. The maximum Gasteiger partial charge on any atom is 0.271 e. The Morgan fingerprint density at radius 2 is 2.10 bits per heavy atom. The molecule has 1 amide bonds. The van der Waals surface area contributed by atoms with Gasteiger partial charge in [0.05, 0.1) is 6.04 Å². The average molecular weight is 305 g/mol. The Balaban J connectivity index is 2.04. The molecule has 0 saturated heterocycles. The number of hydrogen-bond donors (Lipinski definition) is 2. The lowest BCUT2D eigenvalue weighted by Gasteiger charge is -2.14. The largest absolute Gasteiger partial charge is 0.362 e. The van der Waals surface area contributed by atoms with Crippen molar-refractivity contribution < 1.29 is 4.79 Å². The summed E-state index contributed by atoms with van der Waals surface area (Å²) in [5, 5.41) is 14.5. The molecule has 0 fully saturated rings. The number of nitrogens with zero attached hydrogens (tertiary/aromatic N) is 2. The number of carbonyl (C=O) groups is 1. The van der Waals surface area contributed by atoms with Crippen LogP contribution < -0.4 is 10.6 Å². The fourth-order valence-electron chi connectivity index (χ4n) is 1.86. The molecular formula is C15H17ClN4O. The van der Waals surface area contributed by atoms with Gasteiger partial charge in [0, 0.05) is 11.6 Å². The summed E-state index contributed by atoms with van der Waals surface area (Å²) >= 11 is 5.98. The monoisotopic (exact) mass is 304 g/mol. The van der Waals surface area contributed by atoms with Crippen molar-refractivity contribution in [3.05, 3.63) is 52.7 Å². The molecule has 1 atom stereocenters. The molecule has 2 N–H and O–H groups in total. The van der Waals surface area contributed by atoms with Crippen molar-refractivity contribution in [3.63, 3.8) is 0 Å². The van der Waals surface area contributed by atoms with E-state index in [0.717, 1.165) is 5.56 Å². The topological polar surface area (TPSA) is 66.9 Å². The summed E-state index contributed by atoms with van der Waals surface area (Å²) in [6, 6.07) is 11.0. The van der Waals surface area contributed by atoms with Crippen LogP contribution in [-0.4, -0.2) is 22.6 Å². The summed E-state index contributed by atoms with van der Waals surface area (Å²) in [4.78, 5) is 11.6. The zero-order chi connectivity index (χ0) is 15.2. The van der Waals surface area contributed by atoms with E-state index in [1.54, 1.807) is 12.1 Å². The van der Waals surface area contributed by atoms with E-state index in [0.29, 0.717) is 23.1 Å². The van der Waals surface area contributed by atoms with Crippen LogP contribution in [0.3, 0.4) is 0 Å². The van der Waals surface area contributed by atoms with Gasteiger partial charge in [-0.15, -0.1) is 10.2 Å². The molecule has 0 saturated carbocycles. The number of anilines is 1. The molecule has 1 heterocycles. The lowest BCUT2D eigenvalue weighted by molar-refractivity contribution is 0.0950. The molecule has 0 aliphatic heterocycles. The summed E-state index contributed by atoms with van der Waals surface area (Å²) in [6.07, 6.45) is 0. The molecule has 0 radical (unpaired) electrons. The fraction of sp³-hybridized carbons (Fsp3) is 0.267. The second-order valence-electron chi connectivity index (χ2n) is 4.58. The highest BCUT2D eigenvalue weighted by Crippen LogP contribution is 2.20. The van der Waals surface area contributed by atoms with Gasteiger partial charge in [0.25, 0.3) is 5.91 Å². The molecule has 21 heavy (non-hydrogen) atoms. The van der Waals surface area contributed by atoms with Crippen LogP contribution in [0.15, 0.2) is 36.4 Å². The Hall–Kier alpha value is -2.14. The predicted molar refractivity (Wildman–Crippen MR) is 83.5 cm³/mol. The fourth-order valence-corrected chi connectivity index (χ4v) is 2.06. The Morgan fingerprint density at radius 3 is 2.71 bits per heavy atom. The first-order valence-electron chi connectivity index (χ1n) is 6.74. The van der Waals surface area contributed by atoms with Gasteiger partial charge in [0.15, 0.2) is 5.69 Å². The second kappa shape index (κ2) is 7.04. The van der Waals surface area contributed by atoms with Crippen LogP contribution in [0.5, 0.6) is 0 Å². The van der Waals surface area contributed by atoms with E-state index >= 15 is 0 Å². The quantitative estimate of drug-likeness (QED) is 0.891. The highest BCUT2D eigenvalue weighted by molar-refractivity contribution is 6.30. The minimum atomic E-state index is -0.223. The third kappa shape index (κ3) is 4.16. The van der Waals surface area contributed by atoms with Gasteiger partial charge in [-0.05, 0) is 43.7 Å². The zero-order valence-corrected chi connectivity index (χ0v) is 12.7. The van der Waals surface area contributed by atoms with Crippen molar-refractivity contribution in [2.75, 3.05) is 11.9 Å². The number of carbonyl (C=O) groups excluding carboxylic acids is 1. The van der Waals surface area contributed by atoms with Crippen molar-refractivity contribution in [1.82, 2.24) is 15.5 Å². The molecule has 2 rings (SSSR count). The number of benzene rings is 1. The predicted octanol–water partition coefficient (Wildman–Crippen LogP) is 3.05. The van der Waals surface area contributed by atoms with Crippen LogP contribution in [0.1, 0.15) is 35.9 Å². The smallest absolute Gasteiger partial charge is 0.271 e. The van der Waals surface area contributed by atoms with Crippen LogP contribution in [0, 0.1) is 0 Å². The summed E-state index contributed by atoms with van der Waals surface area (Å²) in [7, 11) is 0. The molecule has 1 aromatic carbocycles. The molecule has 0 bridgehead atoms. The van der Waals surface area contributed by atoms with Gasteiger partial charge in [0.1, 0.15) is 5.82 Å². The lowest BCUT2D eigenvalue weighted by atomic mass is 10.1. The van der Waals surface area contributed by atoms with Crippen LogP contribution in [-0.2, 0) is 0 Å². The second-order valence-corrected chi connectivity index (χ2v) is 5.02. The van der Waals surface area contributed by atoms with E-state index in [2.05, 4.69) is 20.8 Å². The van der Waals surface area contributed by atoms with Crippen molar-refractivity contribution in [1.29, 1.82) is 0 Å². The number of nitrogens with one attached hydrogen (secondary N) is 2. The SMILES string of the molecule is CCNC(=O)c1ccc(NC(C)c2cccc(Cl)c2)nn1. The first-order valence-corrected chi connectivity index (χ1v) is 7.12. The molecule has 0 aliphatic rings. The lowest BCUT2D eigenvalue weighted by Crippen LogP contribution is -2.24. The molecule has 0 spiro atoms. The van der Waals surface area contributed by atoms with E-state index < -0.39 is 0 Å². The van der Waals surface area contributed by atoms with Crippen molar-refractivity contribution >= 4 is 23.3 Å². The van der Waals surface area contributed by atoms with Crippen LogP contribution in [0.4, 0.5) is 5.82 Å². The normalized spacial score (nSPS) is 11.8. The Kier molecular flexibility index (Phi) is 5.11. The van der Waals surface area contributed by atoms with Gasteiger partial charge in [-0.3, -0.25) is 4.79 Å². The maximum absolute atomic E-state index is 11.6. The molecule has 5 nitrogen and oxygen atoms in total. The Morgan fingerprint density at radius 1 is 1.29 bits per heavy atom. The highest BCUT2D eigenvalue weighted by Gasteiger charge is 2.09. The molecule has 6 heteroatoms. The number of aromatic nitrogens is 2. The third-order valence-corrected chi connectivity index (χ3v) is 3.18. The summed E-state index contributed by atoms with van der Waals surface area (Å²) < 4.78 is 0. The molecular weight excluding hydrogens is 288 g/mol. The van der Waals surface area contributed by atoms with E-state index in [-0.39, 0.29) is 11.9 Å². The van der Waals surface area contributed by atoms with Gasteiger partial charge in [-0.1, -0.05) is 23.7 Å². The van der Waals surface area contributed by atoms with E-state index in [4.69, 9.17) is 11.6 Å². The van der Waals surface area contributed by atoms with Crippen LogP contribution in [0.25, 0.3) is 0 Å². The van der Waals surface area contributed by atoms with Gasteiger partial charge in [-0.25, -0.2) is 0 Å². The van der Waals surface area contributed by atoms with E-state index in [1.165, 1.54) is 0 Å². The van der Waals surface area contributed by atoms with Gasteiger partial charge in [0.2, 0.25) is 0 Å². The van der Waals surface area contributed by atoms with Crippen molar-refractivity contribution in [3.8, 4) is 0 Å². The molecule has 110 valence electrons.